The first-order valence-electron chi connectivity index (χ1n) is 3.92. The lowest BCUT2D eigenvalue weighted by Crippen LogP contribution is -2.42. The maximum absolute atomic E-state index is 10.2. The number of nitrogens with one attached hydrogen (secondary N) is 1. The Morgan fingerprint density at radius 1 is 1.67 bits per heavy atom. The van der Waals surface area contributed by atoms with Crippen LogP contribution in [0.3, 0.4) is 0 Å². The summed E-state index contributed by atoms with van der Waals surface area (Å²) in [5.41, 5.74) is 0. The topological polar surface area (TPSA) is 69.6 Å². The number of β-amino-alcohol motifs (C(OH)–C–C–N with tert-alkyl or cyclic N) is 1. The summed E-state index contributed by atoms with van der Waals surface area (Å²) in [6.07, 6.45) is 0.446. The van der Waals surface area contributed by atoms with Gasteiger partial charge in [-0.25, -0.2) is 0 Å². The molecule has 0 aromatic carbocycles. The van der Waals surface area contributed by atoms with Gasteiger partial charge >= 0.3 is 5.97 Å². The number of rotatable bonds is 3. The Bertz CT molecular complexity index is 165. The van der Waals surface area contributed by atoms with E-state index in [4.69, 9.17) is 5.11 Å². The lowest BCUT2D eigenvalue weighted by atomic mass is 10.1. The number of thioether (sulfide) groups is 1. The van der Waals surface area contributed by atoms with Crippen molar-refractivity contribution >= 4 is 17.7 Å². The summed E-state index contributed by atoms with van der Waals surface area (Å²) >= 11 is 1.32. The highest BCUT2D eigenvalue weighted by Gasteiger charge is 2.23. The van der Waals surface area contributed by atoms with Crippen molar-refractivity contribution in [3.8, 4) is 0 Å². The molecule has 0 saturated carbocycles. The van der Waals surface area contributed by atoms with Crippen LogP contribution in [0, 0.1) is 0 Å². The summed E-state index contributed by atoms with van der Waals surface area (Å²) in [4.78, 5) is 10.2. The number of carboxylic acid groups (broad SMARTS) is 1. The molecule has 0 radical (unpaired) electrons. The van der Waals surface area contributed by atoms with Crippen molar-refractivity contribution in [2.24, 2.45) is 0 Å². The molecule has 1 fully saturated rings. The van der Waals surface area contributed by atoms with Crippen LogP contribution in [-0.2, 0) is 4.79 Å². The van der Waals surface area contributed by atoms with Crippen molar-refractivity contribution in [1.29, 1.82) is 0 Å². The molecule has 1 heterocycles. The Labute approximate surface area is 75.3 Å². The van der Waals surface area contributed by atoms with Crippen molar-refractivity contribution in [2.75, 3.05) is 18.8 Å². The number of carbonyl (C=O) groups is 1. The van der Waals surface area contributed by atoms with Crippen molar-refractivity contribution in [2.45, 2.75) is 17.8 Å². The predicted molar refractivity (Wildman–Crippen MR) is 47.4 cm³/mol. The van der Waals surface area contributed by atoms with Crippen LogP contribution in [0.2, 0.25) is 0 Å². The molecule has 2 atom stereocenters. The summed E-state index contributed by atoms with van der Waals surface area (Å²) in [6, 6.07) is 0. The van der Waals surface area contributed by atoms with Gasteiger partial charge in [-0.05, 0) is 13.0 Å². The van der Waals surface area contributed by atoms with Gasteiger partial charge < -0.3 is 15.5 Å². The molecule has 1 aliphatic heterocycles. The lowest BCUT2D eigenvalue weighted by molar-refractivity contribution is -0.133. The summed E-state index contributed by atoms with van der Waals surface area (Å²) < 4.78 is 0. The molecule has 1 aliphatic rings. The standard InChI is InChI=1S/C7H13NO3S/c9-5-3-8-2-1-6(5)12-4-7(10)11/h5-6,8-9H,1-4H2,(H,10,11). The minimum absolute atomic E-state index is 0.0850. The number of carboxylic acids is 1. The largest absolute Gasteiger partial charge is 0.481 e. The fourth-order valence-electron chi connectivity index (χ4n) is 1.19. The van der Waals surface area contributed by atoms with Crippen LogP contribution in [0.4, 0.5) is 0 Å². The second kappa shape index (κ2) is 4.69. The van der Waals surface area contributed by atoms with Crippen molar-refractivity contribution < 1.29 is 15.0 Å². The van der Waals surface area contributed by atoms with Gasteiger partial charge in [0.25, 0.3) is 0 Å². The summed E-state index contributed by atoms with van der Waals surface area (Å²) in [5.74, 6) is -0.729. The third-order valence-electron chi connectivity index (χ3n) is 1.81. The Balaban J connectivity index is 2.24. The molecule has 12 heavy (non-hydrogen) atoms. The molecule has 1 rings (SSSR count). The maximum Gasteiger partial charge on any atom is 0.313 e. The fourth-order valence-corrected chi connectivity index (χ4v) is 2.15. The number of hydrogen-bond acceptors (Lipinski definition) is 4. The Morgan fingerprint density at radius 2 is 2.42 bits per heavy atom. The van der Waals surface area contributed by atoms with E-state index < -0.39 is 12.1 Å². The first-order chi connectivity index (χ1) is 5.70. The van der Waals surface area contributed by atoms with Gasteiger partial charge in [0.15, 0.2) is 0 Å². The minimum Gasteiger partial charge on any atom is -0.481 e. The SMILES string of the molecule is O=C(O)CSC1CCNCC1O. The molecule has 0 aliphatic carbocycles. The number of aliphatic hydroxyl groups excluding tert-OH is 1. The first kappa shape index (κ1) is 9.83. The predicted octanol–water partition coefficient (Wildman–Crippen LogP) is -0.473. The van der Waals surface area contributed by atoms with Crippen LogP contribution in [0.5, 0.6) is 0 Å². The summed E-state index contributed by atoms with van der Waals surface area (Å²) in [5, 5.41) is 20.9. The molecule has 0 aromatic rings. The van der Waals surface area contributed by atoms with Crippen LogP contribution >= 0.6 is 11.8 Å². The second-order valence-corrected chi connectivity index (χ2v) is 4.03. The molecule has 70 valence electrons. The second-order valence-electron chi connectivity index (χ2n) is 2.80. The number of piperidine rings is 1. The Morgan fingerprint density at radius 3 is 3.00 bits per heavy atom. The number of aliphatic hydroxyl groups is 1. The van der Waals surface area contributed by atoms with Gasteiger partial charge in [-0.3, -0.25) is 4.79 Å². The molecule has 0 spiro atoms. The molecule has 5 heteroatoms. The van der Waals surface area contributed by atoms with E-state index in [1.54, 1.807) is 0 Å². The van der Waals surface area contributed by atoms with Crippen molar-refractivity contribution in [1.82, 2.24) is 5.32 Å². The molecule has 3 N–H and O–H groups in total. The Kier molecular flexibility index (Phi) is 3.84. The third kappa shape index (κ3) is 3.00. The molecule has 4 nitrogen and oxygen atoms in total. The Hall–Kier alpha value is -0.260. The smallest absolute Gasteiger partial charge is 0.313 e. The number of hydrogen-bond donors (Lipinski definition) is 3. The van der Waals surface area contributed by atoms with Gasteiger partial charge in [0.1, 0.15) is 0 Å². The molecule has 0 aromatic heterocycles. The first-order valence-corrected chi connectivity index (χ1v) is 4.97. The van der Waals surface area contributed by atoms with Crippen LogP contribution in [0.15, 0.2) is 0 Å². The molecule has 1 saturated heterocycles. The van der Waals surface area contributed by atoms with E-state index in [1.165, 1.54) is 11.8 Å². The zero-order valence-corrected chi connectivity index (χ0v) is 7.51. The van der Waals surface area contributed by atoms with Crippen LogP contribution in [0.25, 0.3) is 0 Å². The van der Waals surface area contributed by atoms with Crippen LogP contribution < -0.4 is 5.32 Å². The summed E-state index contributed by atoms with van der Waals surface area (Å²) in [7, 11) is 0. The molecule has 0 bridgehead atoms. The van der Waals surface area contributed by atoms with Crippen molar-refractivity contribution in [3.63, 3.8) is 0 Å². The summed E-state index contributed by atoms with van der Waals surface area (Å²) in [6.45, 7) is 1.45. The molecule has 2 unspecified atom stereocenters. The van der Waals surface area contributed by atoms with E-state index in [1.807, 2.05) is 0 Å². The zero-order chi connectivity index (χ0) is 8.97. The fraction of sp³-hybridized carbons (Fsp3) is 0.857. The van der Waals surface area contributed by atoms with E-state index in [0.717, 1.165) is 13.0 Å². The highest BCUT2D eigenvalue weighted by atomic mass is 32.2. The molecule has 0 amide bonds. The van der Waals surface area contributed by atoms with E-state index in [9.17, 15) is 9.90 Å². The van der Waals surface area contributed by atoms with E-state index in [0.29, 0.717) is 6.54 Å². The maximum atomic E-state index is 10.2. The average Bonchev–Trinajstić information content (AvgIpc) is 2.03. The van der Waals surface area contributed by atoms with E-state index in [2.05, 4.69) is 5.32 Å². The normalized spacial score (nSPS) is 30.1. The molecular formula is C7H13NO3S. The quantitative estimate of drug-likeness (QED) is 0.562. The van der Waals surface area contributed by atoms with Gasteiger partial charge in [0.05, 0.1) is 11.9 Å². The van der Waals surface area contributed by atoms with Gasteiger partial charge in [-0.15, -0.1) is 11.8 Å². The van der Waals surface area contributed by atoms with Gasteiger partial charge in [0.2, 0.25) is 0 Å². The van der Waals surface area contributed by atoms with Crippen LogP contribution in [0.1, 0.15) is 6.42 Å². The van der Waals surface area contributed by atoms with Crippen molar-refractivity contribution in [3.05, 3.63) is 0 Å². The average molecular weight is 191 g/mol. The number of aliphatic carboxylic acids is 1. The van der Waals surface area contributed by atoms with E-state index >= 15 is 0 Å². The van der Waals surface area contributed by atoms with E-state index in [-0.39, 0.29) is 11.0 Å². The van der Waals surface area contributed by atoms with Gasteiger partial charge in [0, 0.05) is 11.8 Å². The van der Waals surface area contributed by atoms with Crippen LogP contribution in [-0.4, -0.2) is 46.4 Å². The zero-order valence-electron chi connectivity index (χ0n) is 6.69. The monoisotopic (exact) mass is 191 g/mol. The van der Waals surface area contributed by atoms with Gasteiger partial charge in [-0.1, -0.05) is 0 Å². The third-order valence-corrected chi connectivity index (χ3v) is 3.20. The molecular weight excluding hydrogens is 178 g/mol. The highest BCUT2D eigenvalue weighted by Crippen LogP contribution is 2.20. The minimum atomic E-state index is -0.814. The van der Waals surface area contributed by atoms with Gasteiger partial charge in [-0.2, -0.15) is 0 Å². The highest BCUT2D eigenvalue weighted by molar-refractivity contribution is 8.00. The lowest BCUT2D eigenvalue weighted by Gasteiger charge is -2.27.